The molecular formula is C19H14ClNO2. The van der Waals surface area contributed by atoms with E-state index in [2.05, 4.69) is 4.98 Å². The Morgan fingerprint density at radius 2 is 1.83 bits per heavy atom. The van der Waals surface area contributed by atoms with E-state index in [1.807, 2.05) is 36.4 Å². The number of aromatic nitrogens is 1. The van der Waals surface area contributed by atoms with Crippen LogP contribution in [-0.2, 0) is 6.61 Å². The second-order valence-electron chi connectivity index (χ2n) is 5.05. The molecule has 0 fully saturated rings. The van der Waals surface area contributed by atoms with Crippen molar-refractivity contribution in [2.75, 3.05) is 0 Å². The highest BCUT2D eigenvalue weighted by Gasteiger charge is 2.04. The minimum absolute atomic E-state index is 0.472. The Labute approximate surface area is 139 Å². The summed E-state index contributed by atoms with van der Waals surface area (Å²) in [6.07, 6.45) is 2.49. The van der Waals surface area contributed by atoms with Gasteiger partial charge in [-0.1, -0.05) is 41.9 Å². The minimum Gasteiger partial charge on any atom is -0.473 e. The standard InChI is InChI=1S/C19H14ClNO2/c20-18-9-15(12-22)8-17(10-18)16-6-7-19(21-11-16)23-13-14-4-2-1-3-5-14/h1-12H,13H2. The molecule has 0 aliphatic carbocycles. The molecule has 0 spiro atoms. The minimum atomic E-state index is 0.472. The lowest BCUT2D eigenvalue weighted by molar-refractivity contribution is 0.112. The molecule has 3 nitrogen and oxygen atoms in total. The zero-order chi connectivity index (χ0) is 16.1. The molecule has 23 heavy (non-hydrogen) atoms. The number of hydrogen-bond acceptors (Lipinski definition) is 3. The van der Waals surface area contributed by atoms with Gasteiger partial charge in [-0.3, -0.25) is 4.79 Å². The largest absolute Gasteiger partial charge is 0.473 e. The van der Waals surface area contributed by atoms with E-state index < -0.39 is 0 Å². The van der Waals surface area contributed by atoms with Gasteiger partial charge in [-0.2, -0.15) is 0 Å². The molecule has 4 heteroatoms. The Bertz CT molecular complexity index is 801. The Hall–Kier alpha value is -2.65. The monoisotopic (exact) mass is 323 g/mol. The van der Waals surface area contributed by atoms with E-state index >= 15 is 0 Å². The molecule has 0 atom stereocenters. The van der Waals surface area contributed by atoms with E-state index in [9.17, 15) is 4.79 Å². The molecule has 3 aromatic rings. The summed E-state index contributed by atoms with van der Waals surface area (Å²) in [6.45, 7) is 0.472. The normalized spacial score (nSPS) is 10.3. The third kappa shape index (κ3) is 3.96. The van der Waals surface area contributed by atoms with Crippen molar-refractivity contribution in [1.29, 1.82) is 0 Å². The summed E-state index contributed by atoms with van der Waals surface area (Å²) in [5, 5.41) is 0.522. The van der Waals surface area contributed by atoms with E-state index in [1.54, 1.807) is 30.5 Å². The molecule has 0 aliphatic heterocycles. The first-order valence-corrected chi connectivity index (χ1v) is 7.51. The summed E-state index contributed by atoms with van der Waals surface area (Å²) in [7, 11) is 0. The first-order chi connectivity index (χ1) is 11.2. The number of benzene rings is 2. The molecule has 0 unspecified atom stereocenters. The average Bonchev–Trinajstić information content (AvgIpc) is 2.60. The second-order valence-corrected chi connectivity index (χ2v) is 5.49. The van der Waals surface area contributed by atoms with Crippen molar-refractivity contribution in [3.63, 3.8) is 0 Å². The van der Waals surface area contributed by atoms with E-state index in [0.717, 1.165) is 23.0 Å². The van der Waals surface area contributed by atoms with Crippen molar-refractivity contribution >= 4 is 17.9 Å². The second kappa shape index (κ2) is 7.07. The predicted molar refractivity (Wildman–Crippen MR) is 90.8 cm³/mol. The van der Waals surface area contributed by atoms with E-state index in [1.165, 1.54) is 0 Å². The molecular weight excluding hydrogens is 310 g/mol. The fourth-order valence-electron chi connectivity index (χ4n) is 2.21. The van der Waals surface area contributed by atoms with E-state index in [-0.39, 0.29) is 0 Å². The molecule has 1 aromatic heterocycles. The topological polar surface area (TPSA) is 39.2 Å². The van der Waals surface area contributed by atoms with Crippen LogP contribution in [-0.4, -0.2) is 11.3 Å². The Balaban J connectivity index is 1.74. The van der Waals surface area contributed by atoms with Crippen LogP contribution in [0.15, 0.2) is 66.9 Å². The van der Waals surface area contributed by atoms with Crippen LogP contribution in [0.25, 0.3) is 11.1 Å². The summed E-state index contributed by atoms with van der Waals surface area (Å²) in [6, 6.07) is 18.8. The number of aldehydes is 1. The van der Waals surface area contributed by atoms with Crippen molar-refractivity contribution in [2.24, 2.45) is 0 Å². The summed E-state index contributed by atoms with van der Waals surface area (Å²) in [4.78, 5) is 15.2. The summed E-state index contributed by atoms with van der Waals surface area (Å²) in [5.41, 5.74) is 3.35. The molecule has 0 saturated heterocycles. The van der Waals surface area contributed by atoms with Crippen LogP contribution in [0.4, 0.5) is 0 Å². The van der Waals surface area contributed by atoms with Gasteiger partial charge in [0.15, 0.2) is 0 Å². The highest BCUT2D eigenvalue weighted by atomic mass is 35.5. The molecule has 0 aliphatic rings. The first kappa shape index (κ1) is 15.3. The van der Waals surface area contributed by atoms with E-state index in [4.69, 9.17) is 16.3 Å². The molecule has 3 rings (SSSR count). The Morgan fingerprint density at radius 3 is 2.52 bits per heavy atom. The highest BCUT2D eigenvalue weighted by molar-refractivity contribution is 6.31. The number of carbonyl (C=O) groups excluding carboxylic acids is 1. The van der Waals surface area contributed by atoms with Gasteiger partial charge in [-0.15, -0.1) is 0 Å². The van der Waals surface area contributed by atoms with Crippen molar-refractivity contribution in [1.82, 2.24) is 4.98 Å². The molecule has 0 amide bonds. The van der Waals surface area contributed by atoms with Gasteiger partial charge in [0, 0.05) is 28.4 Å². The van der Waals surface area contributed by atoms with Crippen molar-refractivity contribution in [3.05, 3.63) is 83.0 Å². The number of carbonyl (C=O) groups is 1. The van der Waals surface area contributed by atoms with Crippen LogP contribution in [0.3, 0.4) is 0 Å². The van der Waals surface area contributed by atoms with Gasteiger partial charge >= 0.3 is 0 Å². The van der Waals surface area contributed by atoms with Crippen molar-refractivity contribution in [2.45, 2.75) is 6.61 Å². The Kier molecular flexibility index (Phi) is 4.69. The van der Waals surface area contributed by atoms with Crippen molar-refractivity contribution < 1.29 is 9.53 Å². The SMILES string of the molecule is O=Cc1cc(Cl)cc(-c2ccc(OCc3ccccc3)nc2)c1. The highest BCUT2D eigenvalue weighted by Crippen LogP contribution is 2.25. The number of halogens is 1. The van der Waals surface area contributed by atoms with E-state index in [0.29, 0.717) is 23.1 Å². The number of ether oxygens (including phenoxy) is 1. The van der Waals surface area contributed by atoms with Crippen LogP contribution in [0.1, 0.15) is 15.9 Å². The molecule has 0 N–H and O–H groups in total. The molecule has 0 saturated carbocycles. The number of hydrogen-bond donors (Lipinski definition) is 0. The number of rotatable bonds is 5. The van der Waals surface area contributed by atoms with Crippen LogP contribution in [0, 0.1) is 0 Å². The molecule has 1 heterocycles. The molecule has 2 aromatic carbocycles. The van der Waals surface area contributed by atoms with Crippen molar-refractivity contribution in [3.8, 4) is 17.0 Å². The molecule has 114 valence electrons. The third-order valence-corrected chi connectivity index (χ3v) is 3.57. The van der Waals surface area contributed by atoms with Gasteiger partial charge in [0.25, 0.3) is 0 Å². The fraction of sp³-hybridized carbons (Fsp3) is 0.0526. The average molecular weight is 324 g/mol. The van der Waals surface area contributed by atoms with Gasteiger partial charge in [0.1, 0.15) is 12.9 Å². The zero-order valence-corrected chi connectivity index (χ0v) is 13.0. The third-order valence-electron chi connectivity index (χ3n) is 3.36. The fourth-order valence-corrected chi connectivity index (χ4v) is 2.46. The maximum Gasteiger partial charge on any atom is 0.213 e. The molecule has 0 radical (unpaired) electrons. The smallest absolute Gasteiger partial charge is 0.213 e. The van der Waals surface area contributed by atoms with Crippen LogP contribution >= 0.6 is 11.6 Å². The van der Waals surface area contributed by atoms with Gasteiger partial charge in [0.05, 0.1) is 0 Å². The summed E-state index contributed by atoms with van der Waals surface area (Å²) < 4.78 is 5.66. The molecule has 0 bridgehead atoms. The number of nitrogens with zero attached hydrogens (tertiary/aromatic N) is 1. The quantitative estimate of drug-likeness (QED) is 0.633. The first-order valence-electron chi connectivity index (χ1n) is 7.13. The Morgan fingerprint density at radius 1 is 1.00 bits per heavy atom. The van der Waals surface area contributed by atoms with Gasteiger partial charge < -0.3 is 4.74 Å². The van der Waals surface area contributed by atoms with Gasteiger partial charge in [0.2, 0.25) is 5.88 Å². The van der Waals surface area contributed by atoms with Crippen LogP contribution < -0.4 is 4.74 Å². The van der Waals surface area contributed by atoms with Gasteiger partial charge in [-0.25, -0.2) is 4.98 Å². The van der Waals surface area contributed by atoms with Crippen LogP contribution in [0.5, 0.6) is 5.88 Å². The predicted octanol–water partition coefficient (Wildman–Crippen LogP) is 4.79. The maximum atomic E-state index is 10.9. The lowest BCUT2D eigenvalue weighted by atomic mass is 10.1. The van der Waals surface area contributed by atoms with Gasteiger partial charge in [-0.05, 0) is 35.4 Å². The maximum absolute atomic E-state index is 10.9. The lowest BCUT2D eigenvalue weighted by Gasteiger charge is -2.07. The summed E-state index contributed by atoms with van der Waals surface area (Å²) >= 11 is 6.02. The lowest BCUT2D eigenvalue weighted by Crippen LogP contribution is -1.96. The zero-order valence-electron chi connectivity index (χ0n) is 12.3. The summed E-state index contributed by atoms with van der Waals surface area (Å²) in [5.74, 6) is 0.551. The van der Waals surface area contributed by atoms with Crippen LogP contribution in [0.2, 0.25) is 5.02 Å². The number of pyridine rings is 1.